The van der Waals surface area contributed by atoms with Gasteiger partial charge in [0.05, 0.1) is 28.2 Å². The van der Waals surface area contributed by atoms with Gasteiger partial charge in [-0.2, -0.15) is 0 Å². The van der Waals surface area contributed by atoms with Crippen molar-refractivity contribution in [3.05, 3.63) is 101 Å². The number of rotatable bonds is 7. The summed E-state index contributed by atoms with van der Waals surface area (Å²) in [6.07, 6.45) is 1.38. The van der Waals surface area contributed by atoms with Gasteiger partial charge in [0, 0.05) is 12.1 Å². The summed E-state index contributed by atoms with van der Waals surface area (Å²) in [5, 5.41) is 9.97. The number of anilines is 2. The van der Waals surface area contributed by atoms with Crippen molar-refractivity contribution in [2.75, 3.05) is 10.6 Å². The fourth-order valence-electron chi connectivity index (χ4n) is 3.56. The van der Waals surface area contributed by atoms with E-state index in [1.807, 2.05) is 19.1 Å². The van der Waals surface area contributed by atoms with Crippen molar-refractivity contribution >= 4 is 34.8 Å². The number of benzene rings is 3. The molecule has 4 rings (SSSR count). The van der Waals surface area contributed by atoms with Crippen LogP contribution in [0, 0.1) is 5.82 Å². The Kier molecular flexibility index (Phi) is 6.60. The lowest BCUT2D eigenvalue weighted by molar-refractivity contribution is 0.0983. The second-order valence-corrected chi connectivity index (χ2v) is 7.92. The minimum Gasteiger partial charge on any atom is -0.377 e. The summed E-state index contributed by atoms with van der Waals surface area (Å²) >= 11 is 6.34. The molecule has 3 aromatic carbocycles. The summed E-state index contributed by atoms with van der Waals surface area (Å²) < 4.78 is 19.0. The zero-order chi connectivity index (χ0) is 24.2. The first-order chi connectivity index (χ1) is 16.3. The smallest absolute Gasteiger partial charge is 0.294 e. The lowest BCUT2D eigenvalue weighted by Crippen LogP contribution is -2.15. The molecule has 0 saturated heterocycles. The third-order valence-electron chi connectivity index (χ3n) is 5.27. The summed E-state index contributed by atoms with van der Waals surface area (Å²) in [6, 6.07) is 18.2. The quantitative estimate of drug-likeness (QED) is 0.317. The highest BCUT2D eigenvalue weighted by molar-refractivity contribution is 6.34. The molecule has 9 heteroatoms. The summed E-state index contributed by atoms with van der Waals surface area (Å²) in [5.74, 6) is -1.91. The van der Waals surface area contributed by atoms with Crippen LogP contribution in [0.25, 0.3) is 11.1 Å². The Morgan fingerprint density at radius 1 is 1.06 bits per heavy atom. The van der Waals surface area contributed by atoms with Crippen molar-refractivity contribution in [1.29, 1.82) is 0 Å². The largest absolute Gasteiger partial charge is 0.377 e. The third kappa shape index (κ3) is 4.77. The van der Waals surface area contributed by atoms with E-state index in [0.717, 1.165) is 5.56 Å². The van der Waals surface area contributed by atoms with Crippen LogP contribution >= 0.6 is 11.6 Å². The molecular weight excluding hydrogens is 459 g/mol. The third-order valence-corrected chi connectivity index (χ3v) is 5.58. The van der Waals surface area contributed by atoms with Gasteiger partial charge in [-0.3, -0.25) is 9.59 Å². The molecule has 4 N–H and O–H groups in total. The predicted octanol–water partition coefficient (Wildman–Crippen LogP) is 5.66. The lowest BCUT2D eigenvalue weighted by atomic mass is 9.96. The first-order valence-electron chi connectivity index (χ1n) is 10.3. The number of carbonyl (C=O) groups excluding carboxylic acids is 2. The second-order valence-electron chi connectivity index (χ2n) is 7.51. The number of nitrogens with one attached hydrogen (secondary N) is 2. The van der Waals surface area contributed by atoms with Gasteiger partial charge in [-0.25, -0.2) is 4.39 Å². The van der Waals surface area contributed by atoms with Crippen molar-refractivity contribution in [3.63, 3.8) is 0 Å². The van der Waals surface area contributed by atoms with E-state index in [1.54, 1.807) is 36.4 Å². The molecule has 1 unspecified atom stereocenters. The Morgan fingerprint density at radius 3 is 2.47 bits per heavy atom. The van der Waals surface area contributed by atoms with Crippen LogP contribution in [0.5, 0.6) is 0 Å². The fourth-order valence-corrected chi connectivity index (χ4v) is 3.78. The summed E-state index contributed by atoms with van der Waals surface area (Å²) in [7, 11) is 0. The van der Waals surface area contributed by atoms with Crippen LogP contribution in [0.1, 0.15) is 39.4 Å². The molecule has 34 heavy (non-hydrogen) atoms. The van der Waals surface area contributed by atoms with Crippen LogP contribution in [-0.2, 0) is 0 Å². The van der Waals surface area contributed by atoms with Gasteiger partial charge in [0.25, 0.3) is 11.8 Å². The van der Waals surface area contributed by atoms with Crippen LogP contribution in [0.15, 0.2) is 77.4 Å². The van der Waals surface area contributed by atoms with E-state index in [2.05, 4.69) is 15.8 Å². The number of aromatic nitrogens is 1. The van der Waals surface area contributed by atoms with Gasteiger partial charge in [0.1, 0.15) is 5.82 Å². The van der Waals surface area contributed by atoms with Gasteiger partial charge in [-0.15, -0.1) is 0 Å². The monoisotopic (exact) mass is 478 g/mol. The summed E-state index contributed by atoms with van der Waals surface area (Å²) in [5.41, 5.74) is 8.23. The maximum Gasteiger partial charge on any atom is 0.294 e. The number of amides is 2. The first kappa shape index (κ1) is 23.0. The molecule has 172 valence electrons. The molecule has 7 nitrogen and oxygen atoms in total. The molecule has 0 bridgehead atoms. The van der Waals surface area contributed by atoms with E-state index in [9.17, 15) is 14.0 Å². The maximum absolute atomic E-state index is 14.1. The number of para-hydroxylation sites is 1. The number of primary amides is 1. The van der Waals surface area contributed by atoms with E-state index in [0.29, 0.717) is 27.5 Å². The lowest BCUT2D eigenvalue weighted by Gasteiger charge is -2.20. The highest BCUT2D eigenvalue weighted by Crippen LogP contribution is 2.34. The van der Waals surface area contributed by atoms with E-state index in [-0.39, 0.29) is 17.4 Å². The number of carbonyl (C=O) groups is 2. The molecule has 0 aliphatic rings. The molecule has 0 spiro atoms. The zero-order valence-corrected chi connectivity index (χ0v) is 18.8. The van der Waals surface area contributed by atoms with E-state index in [4.69, 9.17) is 21.9 Å². The molecule has 4 aromatic rings. The van der Waals surface area contributed by atoms with Gasteiger partial charge < -0.3 is 20.9 Å². The molecule has 1 atom stereocenters. The highest BCUT2D eigenvalue weighted by atomic mass is 35.5. The summed E-state index contributed by atoms with van der Waals surface area (Å²) in [6.45, 7) is 1.94. The number of hydrogen-bond donors (Lipinski definition) is 3. The number of nitrogens with zero attached hydrogens (tertiary/aromatic N) is 1. The Balaban J connectivity index is 1.56. The van der Waals surface area contributed by atoms with Gasteiger partial charge in [0.2, 0.25) is 5.76 Å². The topological polar surface area (TPSA) is 110 Å². The van der Waals surface area contributed by atoms with E-state index in [1.165, 1.54) is 24.4 Å². The zero-order valence-electron chi connectivity index (χ0n) is 18.0. The van der Waals surface area contributed by atoms with Crippen molar-refractivity contribution in [2.24, 2.45) is 5.73 Å². The average Bonchev–Trinajstić information content (AvgIpc) is 3.36. The maximum atomic E-state index is 14.1. The van der Waals surface area contributed by atoms with Crippen LogP contribution in [0.4, 0.5) is 15.8 Å². The van der Waals surface area contributed by atoms with Gasteiger partial charge in [-0.1, -0.05) is 59.2 Å². The van der Waals surface area contributed by atoms with Gasteiger partial charge in [-0.05, 0) is 41.8 Å². The molecule has 0 saturated carbocycles. The standard InChI is InChI=1S/C25H20ClFN4O3/c1-14(15-8-10-16(11-9-15)17-4-2-6-19(27)22(17)24(28)32)30-20-7-3-5-18(26)23(20)31-25(33)21-12-13-29-34-21/h2-14,30H,1H3,(H2,28,32)(H,31,33). The molecule has 1 heterocycles. The fraction of sp³-hybridized carbons (Fsp3) is 0.0800. The van der Waals surface area contributed by atoms with Crippen LogP contribution in [0.2, 0.25) is 5.02 Å². The van der Waals surface area contributed by atoms with Crippen molar-refractivity contribution in [1.82, 2.24) is 5.16 Å². The SMILES string of the molecule is CC(Nc1cccc(Cl)c1NC(=O)c1ccno1)c1ccc(-c2cccc(F)c2C(N)=O)cc1. The molecule has 0 aliphatic heterocycles. The van der Waals surface area contributed by atoms with Crippen molar-refractivity contribution < 1.29 is 18.5 Å². The highest BCUT2D eigenvalue weighted by Gasteiger charge is 2.18. The van der Waals surface area contributed by atoms with Crippen LogP contribution in [-0.4, -0.2) is 17.0 Å². The minimum atomic E-state index is -0.826. The number of hydrogen-bond acceptors (Lipinski definition) is 5. The number of halogens is 2. The Labute approximate surface area is 199 Å². The first-order valence-corrected chi connectivity index (χ1v) is 10.7. The molecule has 1 aromatic heterocycles. The molecule has 0 radical (unpaired) electrons. The normalized spacial score (nSPS) is 11.6. The average molecular weight is 479 g/mol. The molecule has 0 aliphatic carbocycles. The Hall–Kier alpha value is -4.17. The van der Waals surface area contributed by atoms with Crippen molar-refractivity contribution in [2.45, 2.75) is 13.0 Å². The minimum absolute atomic E-state index is 0.0576. The van der Waals surface area contributed by atoms with Crippen LogP contribution < -0.4 is 16.4 Å². The number of nitrogens with two attached hydrogens (primary N) is 1. The summed E-state index contributed by atoms with van der Waals surface area (Å²) in [4.78, 5) is 24.1. The second kappa shape index (κ2) is 9.76. The molecule has 0 fully saturated rings. The van der Waals surface area contributed by atoms with Gasteiger partial charge in [0.15, 0.2) is 0 Å². The Morgan fingerprint density at radius 2 is 1.79 bits per heavy atom. The van der Waals surface area contributed by atoms with Gasteiger partial charge >= 0.3 is 0 Å². The predicted molar refractivity (Wildman–Crippen MR) is 128 cm³/mol. The van der Waals surface area contributed by atoms with E-state index < -0.39 is 17.6 Å². The van der Waals surface area contributed by atoms with Crippen molar-refractivity contribution in [3.8, 4) is 11.1 Å². The Bertz CT molecular complexity index is 1340. The van der Waals surface area contributed by atoms with E-state index >= 15 is 0 Å². The molecule has 2 amide bonds. The van der Waals surface area contributed by atoms with Crippen LogP contribution in [0.3, 0.4) is 0 Å². The molecular formula is C25H20ClFN4O3.